The predicted molar refractivity (Wildman–Crippen MR) is 130 cm³/mol. The van der Waals surface area contributed by atoms with E-state index in [1.165, 1.54) is 13.2 Å². The van der Waals surface area contributed by atoms with Crippen LogP contribution in [0.3, 0.4) is 0 Å². The summed E-state index contributed by atoms with van der Waals surface area (Å²) in [4.78, 5) is 44.6. The van der Waals surface area contributed by atoms with Crippen LogP contribution in [0.1, 0.15) is 75.3 Å². The normalized spacial score (nSPS) is 10.7. The second kappa shape index (κ2) is 12.4. The van der Waals surface area contributed by atoms with Crippen LogP contribution in [-0.4, -0.2) is 46.5 Å². The van der Waals surface area contributed by atoms with E-state index in [4.69, 9.17) is 0 Å². The maximum absolute atomic E-state index is 12.3. The van der Waals surface area contributed by atoms with Gasteiger partial charge in [-0.25, -0.2) is 9.78 Å². The molecule has 0 saturated carbocycles. The van der Waals surface area contributed by atoms with Crippen molar-refractivity contribution in [3.8, 4) is 0 Å². The minimum atomic E-state index is -1.02. The predicted octanol–water partition coefficient (Wildman–Crippen LogP) is 4.00. The SMILES string of the molecule is CNC(=O)c1cccc(C(=O)O)c1CCCCCCCCNC(=O)c1cnc2ccccc2n1. The summed E-state index contributed by atoms with van der Waals surface area (Å²) in [6, 6.07) is 12.2. The van der Waals surface area contributed by atoms with E-state index >= 15 is 0 Å². The summed E-state index contributed by atoms with van der Waals surface area (Å²) in [5, 5.41) is 14.9. The third-order valence-corrected chi connectivity index (χ3v) is 5.70. The van der Waals surface area contributed by atoms with E-state index in [2.05, 4.69) is 20.6 Å². The van der Waals surface area contributed by atoms with Crippen molar-refractivity contribution in [2.75, 3.05) is 13.6 Å². The maximum atomic E-state index is 12.3. The van der Waals surface area contributed by atoms with Crippen molar-refractivity contribution in [3.63, 3.8) is 0 Å². The molecule has 2 amide bonds. The second-order valence-corrected chi connectivity index (χ2v) is 8.09. The molecule has 0 aliphatic carbocycles. The lowest BCUT2D eigenvalue weighted by Gasteiger charge is -2.12. The topological polar surface area (TPSA) is 121 Å². The Labute approximate surface area is 198 Å². The lowest BCUT2D eigenvalue weighted by molar-refractivity contribution is 0.0695. The lowest BCUT2D eigenvalue weighted by atomic mass is 9.95. The lowest BCUT2D eigenvalue weighted by Crippen LogP contribution is -2.25. The molecule has 178 valence electrons. The molecule has 0 saturated heterocycles. The summed E-state index contributed by atoms with van der Waals surface area (Å²) in [5.74, 6) is -1.51. The van der Waals surface area contributed by atoms with Gasteiger partial charge in [0, 0.05) is 19.2 Å². The Morgan fingerprint density at radius 2 is 1.50 bits per heavy atom. The fraction of sp³-hybridized carbons (Fsp3) is 0.346. The van der Waals surface area contributed by atoms with Gasteiger partial charge in [-0.05, 0) is 49.1 Å². The zero-order valence-corrected chi connectivity index (χ0v) is 19.3. The number of fused-ring (bicyclic) bond motifs is 1. The van der Waals surface area contributed by atoms with Crippen LogP contribution in [0.25, 0.3) is 11.0 Å². The number of amides is 2. The summed E-state index contributed by atoms with van der Waals surface area (Å²) in [6.45, 7) is 0.578. The van der Waals surface area contributed by atoms with Crippen molar-refractivity contribution in [3.05, 3.63) is 71.0 Å². The standard InChI is InChI=1S/C26H30N4O4/c1-27-24(31)19-12-10-13-20(26(33)34)18(19)11-6-4-2-3-5-9-16-28-25(32)23-17-29-21-14-7-8-15-22(21)30-23/h7-8,10,12-15,17H,2-6,9,11,16H2,1H3,(H,27,31)(H,28,32)(H,33,34). The number of hydrogen-bond acceptors (Lipinski definition) is 5. The number of nitrogens with one attached hydrogen (secondary N) is 2. The van der Waals surface area contributed by atoms with Crippen LogP contribution in [0.4, 0.5) is 0 Å². The molecule has 2 aromatic carbocycles. The van der Waals surface area contributed by atoms with Crippen LogP contribution in [-0.2, 0) is 6.42 Å². The van der Waals surface area contributed by atoms with Gasteiger partial charge in [-0.1, -0.05) is 43.9 Å². The first-order valence-electron chi connectivity index (χ1n) is 11.6. The molecule has 0 spiro atoms. The first-order chi connectivity index (χ1) is 16.5. The molecule has 0 aliphatic rings. The zero-order valence-electron chi connectivity index (χ0n) is 19.3. The molecule has 1 aromatic heterocycles. The highest BCUT2D eigenvalue weighted by atomic mass is 16.4. The largest absolute Gasteiger partial charge is 0.478 e. The summed E-state index contributed by atoms with van der Waals surface area (Å²) in [6.07, 6.45) is 7.69. The molecule has 1 heterocycles. The number of carboxylic acid groups (broad SMARTS) is 1. The van der Waals surface area contributed by atoms with Crippen molar-refractivity contribution < 1.29 is 19.5 Å². The first kappa shape index (κ1) is 24.8. The number of aromatic nitrogens is 2. The Hall–Kier alpha value is -3.81. The molecular weight excluding hydrogens is 432 g/mol. The zero-order chi connectivity index (χ0) is 24.3. The number of carboxylic acids is 1. The summed E-state index contributed by atoms with van der Waals surface area (Å²) >= 11 is 0. The number of hydrogen-bond donors (Lipinski definition) is 3. The van der Waals surface area contributed by atoms with Crippen LogP contribution in [0.5, 0.6) is 0 Å². The molecule has 3 rings (SSSR count). The third kappa shape index (κ3) is 6.60. The third-order valence-electron chi connectivity index (χ3n) is 5.70. The number of benzene rings is 2. The van der Waals surface area contributed by atoms with Crippen LogP contribution >= 0.6 is 0 Å². The molecule has 0 atom stereocenters. The number of aromatic carboxylic acids is 1. The van der Waals surface area contributed by atoms with E-state index in [9.17, 15) is 19.5 Å². The fourth-order valence-corrected chi connectivity index (χ4v) is 3.90. The average molecular weight is 463 g/mol. The van der Waals surface area contributed by atoms with Gasteiger partial charge in [0.1, 0.15) is 5.69 Å². The summed E-state index contributed by atoms with van der Waals surface area (Å²) < 4.78 is 0. The van der Waals surface area contributed by atoms with E-state index in [1.807, 2.05) is 24.3 Å². The van der Waals surface area contributed by atoms with Crippen molar-refractivity contribution in [2.45, 2.75) is 44.9 Å². The van der Waals surface area contributed by atoms with E-state index in [1.54, 1.807) is 18.2 Å². The minimum Gasteiger partial charge on any atom is -0.478 e. The van der Waals surface area contributed by atoms with Gasteiger partial charge in [-0.15, -0.1) is 0 Å². The number of para-hydroxylation sites is 2. The Bertz CT molecular complexity index is 1160. The molecule has 34 heavy (non-hydrogen) atoms. The molecule has 3 N–H and O–H groups in total. The number of unbranched alkanes of at least 4 members (excludes halogenated alkanes) is 5. The van der Waals surface area contributed by atoms with Crippen molar-refractivity contribution in [1.29, 1.82) is 0 Å². The smallest absolute Gasteiger partial charge is 0.335 e. The Morgan fingerprint density at radius 3 is 2.24 bits per heavy atom. The van der Waals surface area contributed by atoms with Gasteiger partial charge < -0.3 is 15.7 Å². The molecular formula is C26H30N4O4. The number of carbonyl (C=O) groups excluding carboxylic acids is 2. The Morgan fingerprint density at radius 1 is 0.824 bits per heavy atom. The Balaban J connectivity index is 1.35. The average Bonchev–Trinajstić information content (AvgIpc) is 2.86. The molecule has 8 heteroatoms. The van der Waals surface area contributed by atoms with E-state index in [0.29, 0.717) is 35.3 Å². The molecule has 8 nitrogen and oxygen atoms in total. The highest BCUT2D eigenvalue weighted by Gasteiger charge is 2.17. The van der Waals surface area contributed by atoms with Gasteiger partial charge in [0.2, 0.25) is 0 Å². The molecule has 3 aromatic rings. The van der Waals surface area contributed by atoms with E-state index < -0.39 is 5.97 Å². The summed E-state index contributed by atoms with van der Waals surface area (Å²) in [7, 11) is 1.54. The maximum Gasteiger partial charge on any atom is 0.335 e. The minimum absolute atomic E-state index is 0.188. The van der Waals surface area contributed by atoms with Gasteiger partial charge in [0.15, 0.2) is 0 Å². The highest BCUT2D eigenvalue weighted by molar-refractivity contribution is 5.99. The Kier molecular flexibility index (Phi) is 9.08. The van der Waals surface area contributed by atoms with Crippen molar-refractivity contribution in [2.24, 2.45) is 0 Å². The van der Waals surface area contributed by atoms with Gasteiger partial charge in [0.25, 0.3) is 11.8 Å². The second-order valence-electron chi connectivity index (χ2n) is 8.09. The van der Waals surface area contributed by atoms with Gasteiger partial charge >= 0.3 is 5.97 Å². The quantitative estimate of drug-likeness (QED) is 0.350. The van der Waals surface area contributed by atoms with E-state index in [-0.39, 0.29) is 17.4 Å². The van der Waals surface area contributed by atoms with Crippen LogP contribution < -0.4 is 10.6 Å². The molecule has 0 bridgehead atoms. The van der Waals surface area contributed by atoms with Crippen molar-refractivity contribution in [1.82, 2.24) is 20.6 Å². The van der Waals surface area contributed by atoms with Crippen LogP contribution in [0.2, 0.25) is 0 Å². The fourth-order valence-electron chi connectivity index (χ4n) is 3.90. The number of rotatable bonds is 12. The van der Waals surface area contributed by atoms with Gasteiger partial charge in [0.05, 0.1) is 22.8 Å². The molecule has 0 fully saturated rings. The van der Waals surface area contributed by atoms with Gasteiger partial charge in [-0.3, -0.25) is 14.6 Å². The highest BCUT2D eigenvalue weighted by Crippen LogP contribution is 2.19. The van der Waals surface area contributed by atoms with Gasteiger partial charge in [-0.2, -0.15) is 0 Å². The number of nitrogens with zero attached hydrogens (tertiary/aromatic N) is 2. The molecule has 0 radical (unpaired) electrons. The van der Waals surface area contributed by atoms with Crippen LogP contribution in [0.15, 0.2) is 48.7 Å². The first-order valence-corrected chi connectivity index (χ1v) is 11.6. The summed E-state index contributed by atoms with van der Waals surface area (Å²) in [5.41, 5.74) is 2.98. The van der Waals surface area contributed by atoms with Crippen LogP contribution in [0, 0.1) is 0 Å². The van der Waals surface area contributed by atoms with Crippen molar-refractivity contribution >= 4 is 28.8 Å². The monoisotopic (exact) mass is 462 g/mol. The van der Waals surface area contributed by atoms with E-state index in [0.717, 1.165) is 44.0 Å². The molecule has 0 aliphatic heterocycles. The number of carbonyl (C=O) groups is 3. The molecule has 0 unspecified atom stereocenters.